The van der Waals surface area contributed by atoms with E-state index in [0.29, 0.717) is 24.6 Å². The van der Waals surface area contributed by atoms with E-state index < -0.39 is 6.10 Å². The highest BCUT2D eigenvalue weighted by Crippen LogP contribution is 2.20. The summed E-state index contributed by atoms with van der Waals surface area (Å²) in [5.74, 6) is 0.120. The van der Waals surface area contributed by atoms with Crippen LogP contribution in [0.15, 0.2) is 42.7 Å². The van der Waals surface area contributed by atoms with Crippen LogP contribution < -0.4 is 5.32 Å². The van der Waals surface area contributed by atoms with Crippen molar-refractivity contribution in [2.45, 2.75) is 46.4 Å². The second-order valence-electron chi connectivity index (χ2n) is 7.60. The summed E-state index contributed by atoms with van der Waals surface area (Å²) >= 11 is 0. The van der Waals surface area contributed by atoms with Gasteiger partial charge >= 0.3 is 0 Å². The first-order valence-electron chi connectivity index (χ1n) is 10.1. The summed E-state index contributed by atoms with van der Waals surface area (Å²) in [5.41, 5.74) is 1.34. The van der Waals surface area contributed by atoms with Gasteiger partial charge in [0.1, 0.15) is 0 Å². The largest absolute Gasteiger partial charge is 0.364 e. The molecular formula is C22H32N4O3. The van der Waals surface area contributed by atoms with Crippen molar-refractivity contribution in [1.29, 1.82) is 0 Å². The van der Waals surface area contributed by atoms with Gasteiger partial charge in [-0.1, -0.05) is 44.2 Å². The number of amides is 2. The maximum absolute atomic E-state index is 13.0. The molecule has 7 heteroatoms. The number of likely N-dealkylation sites (N-methyl/N-ethyl adjacent to an activating group) is 1. The van der Waals surface area contributed by atoms with Gasteiger partial charge < -0.3 is 15.0 Å². The van der Waals surface area contributed by atoms with Crippen molar-refractivity contribution in [3.8, 4) is 0 Å². The first-order valence-corrected chi connectivity index (χ1v) is 10.1. The molecule has 2 aromatic rings. The predicted octanol–water partition coefficient (Wildman–Crippen LogP) is 2.89. The molecule has 0 radical (unpaired) electrons. The van der Waals surface area contributed by atoms with Crippen LogP contribution in [0.5, 0.6) is 0 Å². The number of hydrogen-bond acceptors (Lipinski definition) is 4. The Labute approximate surface area is 173 Å². The summed E-state index contributed by atoms with van der Waals surface area (Å²) in [7, 11) is 1.73. The summed E-state index contributed by atoms with van der Waals surface area (Å²) in [6.07, 6.45) is 2.66. The van der Waals surface area contributed by atoms with Gasteiger partial charge in [-0.3, -0.25) is 14.3 Å². The fourth-order valence-corrected chi connectivity index (χ4v) is 2.94. The van der Waals surface area contributed by atoms with Crippen LogP contribution >= 0.6 is 0 Å². The Hall–Kier alpha value is -2.67. The van der Waals surface area contributed by atoms with Gasteiger partial charge in [-0.2, -0.15) is 5.10 Å². The Morgan fingerprint density at radius 3 is 2.52 bits per heavy atom. The molecule has 0 aliphatic rings. The van der Waals surface area contributed by atoms with Crippen molar-refractivity contribution in [3.05, 3.63) is 53.9 Å². The van der Waals surface area contributed by atoms with Crippen LogP contribution in [0.25, 0.3) is 0 Å². The van der Waals surface area contributed by atoms with Gasteiger partial charge in [-0.15, -0.1) is 0 Å². The molecule has 0 saturated carbocycles. The highest BCUT2D eigenvalue weighted by atomic mass is 16.5. The molecule has 1 heterocycles. The molecule has 0 aliphatic carbocycles. The molecule has 29 heavy (non-hydrogen) atoms. The first-order chi connectivity index (χ1) is 13.8. The summed E-state index contributed by atoms with van der Waals surface area (Å²) < 4.78 is 7.47. The van der Waals surface area contributed by atoms with Gasteiger partial charge in [-0.05, 0) is 25.3 Å². The number of benzene rings is 1. The molecule has 0 fully saturated rings. The lowest BCUT2D eigenvalue weighted by atomic mass is 10.1. The summed E-state index contributed by atoms with van der Waals surface area (Å²) in [5, 5.41) is 7.10. The normalized spacial score (nSPS) is 13.2. The fraction of sp³-hybridized carbons (Fsp3) is 0.500. The van der Waals surface area contributed by atoms with Crippen molar-refractivity contribution in [3.63, 3.8) is 0 Å². The van der Waals surface area contributed by atoms with Gasteiger partial charge in [0.25, 0.3) is 11.8 Å². The Kier molecular flexibility index (Phi) is 8.39. The minimum Gasteiger partial charge on any atom is -0.364 e. The highest BCUT2D eigenvalue weighted by molar-refractivity contribution is 5.93. The van der Waals surface area contributed by atoms with E-state index in [2.05, 4.69) is 24.3 Å². The molecule has 1 N–H and O–H groups in total. The molecule has 7 nitrogen and oxygen atoms in total. The highest BCUT2D eigenvalue weighted by Gasteiger charge is 2.27. The minimum absolute atomic E-state index is 0.135. The SMILES string of the molecule is CCOC(C(=O)N(C)C(C)CNC(=O)c1cnn(CC(C)C)c1)c1ccccc1. The quantitative estimate of drug-likeness (QED) is 0.665. The Bertz CT molecular complexity index is 788. The molecule has 2 atom stereocenters. The molecule has 0 aliphatic heterocycles. The molecule has 0 saturated heterocycles. The molecule has 0 spiro atoms. The second kappa shape index (κ2) is 10.8. The Morgan fingerprint density at radius 1 is 1.21 bits per heavy atom. The van der Waals surface area contributed by atoms with E-state index in [1.54, 1.807) is 29.0 Å². The number of ether oxygens (including phenoxy) is 1. The van der Waals surface area contributed by atoms with Crippen molar-refractivity contribution in [1.82, 2.24) is 20.0 Å². The van der Waals surface area contributed by atoms with Gasteiger partial charge in [0.15, 0.2) is 6.10 Å². The monoisotopic (exact) mass is 400 g/mol. The van der Waals surface area contributed by atoms with Crippen LogP contribution in [0.4, 0.5) is 0 Å². The third-order valence-corrected chi connectivity index (χ3v) is 4.67. The lowest BCUT2D eigenvalue weighted by Gasteiger charge is -2.29. The van der Waals surface area contributed by atoms with Gasteiger partial charge in [0.2, 0.25) is 0 Å². The Morgan fingerprint density at radius 2 is 1.90 bits per heavy atom. The lowest BCUT2D eigenvalue weighted by Crippen LogP contribution is -2.45. The van der Waals surface area contributed by atoms with Crippen molar-refractivity contribution < 1.29 is 14.3 Å². The third kappa shape index (κ3) is 6.42. The topological polar surface area (TPSA) is 76.5 Å². The number of rotatable bonds is 10. The average Bonchev–Trinajstić information content (AvgIpc) is 3.17. The third-order valence-electron chi connectivity index (χ3n) is 4.67. The van der Waals surface area contributed by atoms with Crippen LogP contribution in [0.3, 0.4) is 0 Å². The van der Waals surface area contributed by atoms with Gasteiger partial charge in [-0.25, -0.2) is 0 Å². The number of carbonyl (C=O) groups excluding carboxylic acids is 2. The van der Waals surface area contributed by atoms with E-state index in [1.807, 2.05) is 44.2 Å². The average molecular weight is 401 g/mol. The van der Waals surface area contributed by atoms with E-state index >= 15 is 0 Å². The summed E-state index contributed by atoms with van der Waals surface area (Å²) in [6.45, 7) is 9.50. The van der Waals surface area contributed by atoms with Crippen LogP contribution in [0, 0.1) is 5.92 Å². The molecule has 1 aromatic heterocycles. The van der Waals surface area contributed by atoms with Crippen LogP contribution in [0.2, 0.25) is 0 Å². The number of hydrogen-bond donors (Lipinski definition) is 1. The number of nitrogens with one attached hydrogen (secondary N) is 1. The molecule has 2 rings (SSSR count). The van der Waals surface area contributed by atoms with E-state index in [1.165, 1.54) is 0 Å². The van der Waals surface area contributed by atoms with Crippen molar-refractivity contribution in [2.24, 2.45) is 5.92 Å². The van der Waals surface area contributed by atoms with Crippen LogP contribution in [0.1, 0.15) is 49.7 Å². The van der Waals surface area contributed by atoms with E-state index in [4.69, 9.17) is 4.74 Å². The summed E-state index contributed by atoms with van der Waals surface area (Å²) in [4.78, 5) is 27.0. The zero-order valence-corrected chi connectivity index (χ0v) is 18.0. The zero-order chi connectivity index (χ0) is 21.4. The lowest BCUT2D eigenvalue weighted by molar-refractivity contribution is -0.144. The Balaban J connectivity index is 1.94. The molecule has 158 valence electrons. The number of aromatic nitrogens is 2. The molecule has 2 amide bonds. The minimum atomic E-state index is -0.654. The first kappa shape index (κ1) is 22.6. The number of carbonyl (C=O) groups is 2. The summed E-state index contributed by atoms with van der Waals surface area (Å²) in [6, 6.07) is 9.25. The van der Waals surface area contributed by atoms with Gasteiger partial charge in [0.05, 0.1) is 11.8 Å². The van der Waals surface area contributed by atoms with E-state index in [-0.39, 0.29) is 17.9 Å². The van der Waals surface area contributed by atoms with Crippen LogP contribution in [-0.4, -0.2) is 52.7 Å². The van der Waals surface area contributed by atoms with Crippen LogP contribution in [-0.2, 0) is 16.1 Å². The van der Waals surface area contributed by atoms with Crippen molar-refractivity contribution >= 4 is 11.8 Å². The van der Waals surface area contributed by atoms with Crippen molar-refractivity contribution in [2.75, 3.05) is 20.2 Å². The molecule has 0 bridgehead atoms. The zero-order valence-electron chi connectivity index (χ0n) is 18.0. The maximum atomic E-state index is 13.0. The van der Waals surface area contributed by atoms with Gasteiger partial charge in [0, 0.05) is 39.0 Å². The van der Waals surface area contributed by atoms with E-state index in [9.17, 15) is 9.59 Å². The number of nitrogens with zero attached hydrogens (tertiary/aromatic N) is 3. The molecule has 1 aromatic carbocycles. The fourth-order valence-electron chi connectivity index (χ4n) is 2.94. The standard InChI is InChI=1S/C22H32N4O3/c1-6-29-20(18-10-8-7-9-11-18)22(28)25(5)17(4)12-23-21(27)19-13-24-26(15-19)14-16(2)3/h7-11,13,15-17,20H,6,12,14H2,1-5H3,(H,23,27). The van der Waals surface area contributed by atoms with E-state index in [0.717, 1.165) is 12.1 Å². The maximum Gasteiger partial charge on any atom is 0.256 e. The molecule has 2 unspecified atom stereocenters. The predicted molar refractivity (Wildman–Crippen MR) is 112 cm³/mol. The molecular weight excluding hydrogens is 368 g/mol. The smallest absolute Gasteiger partial charge is 0.256 e. The second-order valence-corrected chi connectivity index (χ2v) is 7.60.